The number of hydrogen-bond acceptors (Lipinski definition) is 2. The van der Waals surface area contributed by atoms with Crippen LogP contribution in [0.3, 0.4) is 0 Å². The Hall–Kier alpha value is -7.10. The lowest BCUT2D eigenvalue weighted by atomic mass is 9.83. The van der Waals surface area contributed by atoms with Crippen molar-refractivity contribution in [3.05, 3.63) is 253 Å². The van der Waals surface area contributed by atoms with E-state index in [2.05, 4.69) is 247 Å². The molecule has 9 aromatic rings. The van der Waals surface area contributed by atoms with Crippen molar-refractivity contribution in [3.63, 3.8) is 0 Å². The average Bonchev–Trinajstić information content (AvgIpc) is 4.11. The van der Waals surface area contributed by atoms with Crippen LogP contribution in [0.1, 0.15) is 35.3 Å². The molecule has 1 saturated carbocycles. The Kier molecular flexibility index (Phi) is 9.58. The molecular weight excluding hydrogens is 737 g/mol. The molecule has 2 heteroatoms. The Balaban J connectivity index is 1.17. The maximum atomic E-state index is 4.19. The molecule has 1 saturated heterocycles. The summed E-state index contributed by atoms with van der Waals surface area (Å²) >= 11 is 0. The molecule has 11 rings (SSSR count). The third-order valence-electron chi connectivity index (χ3n) is 12.9. The van der Waals surface area contributed by atoms with Crippen molar-refractivity contribution in [2.45, 2.75) is 24.2 Å². The Labute approximate surface area is 359 Å². The summed E-state index contributed by atoms with van der Waals surface area (Å²) in [6.45, 7) is 0. The number of hydrogen-bond donors (Lipinski definition) is 2. The molecule has 4 unspecified atom stereocenters. The van der Waals surface area contributed by atoms with Crippen LogP contribution >= 0.6 is 0 Å². The molecule has 2 nitrogen and oxygen atoms in total. The Morgan fingerprint density at radius 2 is 0.754 bits per heavy atom. The summed E-state index contributed by atoms with van der Waals surface area (Å²) in [5.74, 6) is 0.353. The second-order valence-electron chi connectivity index (χ2n) is 16.6. The monoisotopic (exact) mass is 782 g/mol. The zero-order valence-electron chi connectivity index (χ0n) is 34.0. The zero-order valence-corrected chi connectivity index (χ0v) is 34.0. The third-order valence-corrected chi connectivity index (χ3v) is 12.9. The van der Waals surface area contributed by atoms with Crippen molar-refractivity contribution in [3.8, 4) is 66.8 Å². The van der Waals surface area contributed by atoms with E-state index in [-0.39, 0.29) is 17.7 Å². The van der Waals surface area contributed by atoms with Crippen LogP contribution in [0.25, 0.3) is 66.8 Å². The fourth-order valence-corrected chi connectivity index (χ4v) is 9.87. The van der Waals surface area contributed by atoms with Gasteiger partial charge in [0.25, 0.3) is 0 Å². The molecule has 0 radical (unpaired) electrons. The first-order chi connectivity index (χ1) is 30.2. The smallest absolute Gasteiger partial charge is 0.0847 e. The Morgan fingerprint density at radius 3 is 1.28 bits per heavy atom. The maximum Gasteiger partial charge on any atom is 0.0847 e. The molecule has 1 aliphatic carbocycles. The number of rotatable bonds is 9. The van der Waals surface area contributed by atoms with Gasteiger partial charge in [-0.3, -0.25) is 10.6 Å². The van der Waals surface area contributed by atoms with Crippen molar-refractivity contribution in [2.75, 3.05) is 0 Å². The molecule has 0 aromatic heterocycles. The standard InChI is InChI=1S/C59H46N2/c1-7-20-41(21-8-1)46-34-47(42-22-9-2-10-23-42)36-48(35-46)49-37-50(56-53(43-24-11-3-12-25-43)32-19-33-54(56)44-26-13-4-14-27-44)39-51(38-49)57-55-40-59(55,52-30-17-6-18-31-52)61-58(60-57)45-28-15-5-16-29-45/h1-39,55,57-58,60-61H,40H2. The second kappa shape index (κ2) is 15.8. The highest BCUT2D eigenvalue weighted by molar-refractivity contribution is 5.96. The first kappa shape index (κ1) is 36.9. The van der Waals surface area contributed by atoms with Gasteiger partial charge < -0.3 is 0 Å². The predicted octanol–water partition coefficient (Wildman–Crippen LogP) is 14.5. The van der Waals surface area contributed by atoms with E-state index in [4.69, 9.17) is 0 Å². The molecule has 9 aromatic carbocycles. The van der Waals surface area contributed by atoms with Gasteiger partial charge in [-0.25, -0.2) is 0 Å². The zero-order chi connectivity index (χ0) is 40.6. The largest absolute Gasteiger partial charge is 0.291 e. The number of benzene rings is 9. The van der Waals surface area contributed by atoms with E-state index in [0.29, 0.717) is 5.92 Å². The van der Waals surface area contributed by atoms with Gasteiger partial charge in [0, 0.05) is 12.0 Å². The van der Waals surface area contributed by atoms with E-state index in [1.54, 1.807) is 0 Å². The summed E-state index contributed by atoms with van der Waals surface area (Å²) in [4.78, 5) is 0. The molecule has 2 aliphatic rings. The highest BCUT2D eigenvalue weighted by Gasteiger charge is 2.62. The summed E-state index contributed by atoms with van der Waals surface area (Å²) in [7, 11) is 0. The molecule has 2 fully saturated rings. The minimum Gasteiger partial charge on any atom is -0.291 e. The van der Waals surface area contributed by atoms with Crippen LogP contribution < -0.4 is 10.6 Å². The minimum atomic E-state index is -0.140. The topological polar surface area (TPSA) is 24.1 Å². The molecule has 4 atom stereocenters. The van der Waals surface area contributed by atoms with Gasteiger partial charge in [-0.1, -0.05) is 200 Å². The van der Waals surface area contributed by atoms with Crippen LogP contribution in [-0.2, 0) is 5.54 Å². The van der Waals surface area contributed by atoms with Crippen molar-refractivity contribution >= 4 is 0 Å². The van der Waals surface area contributed by atoms with Crippen molar-refractivity contribution in [1.82, 2.24) is 10.6 Å². The summed E-state index contributed by atoms with van der Waals surface area (Å²) in [5, 5.41) is 8.32. The van der Waals surface area contributed by atoms with Gasteiger partial charge in [-0.05, 0) is 126 Å². The fraction of sp³-hybridized carbons (Fsp3) is 0.0847. The minimum absolute atomic E-state index is 0.0279. The molecule has 1 aliphatic heterocycles. The molecular formula is C59H46N2. The first-order valence-electron chi connectivity index (χ1n) is 21.5. The Morgan fingerprint density at radius 1 is 0.344 bits per heavy atom. The lowest BCUT2D eigenvalue weighted by Gasteiger charge is -2.38. The average molecular weight is 783 g/mol. The van der Waals surface area contributed by atoms with Gasteiger partial charge in [0.05, 0.1) is 11.7 Å². The van der Waals surface area contributed by atoms with Crippen LogP contribution in [0.4, 0.5) is 0 Å². The first-order valence-corrected chi connectivity index (χ1v) is 21.5. The van der Waals surface area contributed by atoms with E-state index >= 15 is 0 Å². The fourth-order valence-electron chi connectivity index (χ4n) is 9.87. The normalized spacial score (nSPS) is 19.2. The second-order valence-corrected chi connectivity index (χ2v) is 16.6. The van der Waals surface area contributed by atoms with Crippen LogP contribution in [0.15, 0.2) is 237 Å². The van der Waals surface area contributed by atoms with Crippen LogP contribution in [0, 0.1) is 5.92 Å². The van der Waals surface area contributed by atoms with Gasteiger partial charge in [-0.15, -0.1) is 0 Å². The van der Waals surface area contributed by atoms with Gasteiger partial charge in [-0.2, -0.15) is 0 Å². The molecule has 0 bridgehead atoms. The molecule has 1 heterocycles. The van der Waals surface area contributed by atoms with E-state index in [9.17, 15) is 0 Å². The number of nitrogens with one attached hydrogen (secondary N) is 2. The SMILES string of the molecule is c1ccc(-c2cc(-c3ccccc3)cc(-c3cc(-c4c(-c5ccccc5)cccc4-c4ccccc4)cc(C4NC(c5ccccc5)NC5(c6ccccc6)CC45)c3)c2)cc1. The molecule has 292 valence electrons. The van der Waals surface area contributed by atoms with Crippen LogP contribution in [0.2, 0.25) is 0 Å². The van der Waals surface area contributed by atoms with E-state index < -0.39 is 0 Å². The van der Waals surface area contributed by atoms with Crippen molar-refractivity contribution < 1.29 is 0 Å². The molecule has 61 heavy (non-hydrogen) atoms. The van der Waals surface area contributed by atoms with E-state index in [0.717, 1.165) is 6.42 Å². The summed E-state index contributed by atoms with van der Waals surface area (Å²) in [6.07, 6.45) is 1.02. The molecule has 0 spiro atoms. The third kappa shape index (κ3) is 7.10. The highest BCUT2D eigenvalue weighted by Crippen LogP contribution is 2.61. The Bertz CT molecular complexity index is 2820. The van der Waals surface area contributed by atoms with Gasteiger partial charge in [0.1, 0.15) is 0 Å². The quantitative estimate of drug-likeness (QED) is 0.152. The lowest BCUT2D eigenvalue weighted by Crippen LogP contribution is -2.49. The van der Waals surface area contributed by atoms with Gasteiger partial charge in [0.15, 0.2) is 0 Å². The highest BCUT2D eigenvalue weighted by atomic mass is 15.3. The molecule has 2 N–H and O–H groups in total. The molecule has 0 amide bonds. The van der Waals surface area contributed by atoms with E-state index in [1.165, 1.54) is 83.5 Å². The predicted molar refractivity (Wildman–Crippen MR) is 253 cm³/mol. The van der Waals surface area contributed by atoms with Crippen molar-refractivity contribution in [2.24, 2.45) is 5.92 Å². The van der Waals surface area contributed by atoms with Crippen molar-refractivity contribution in [1.29, 1.82) is 0 Å². The van der Waals surface area contributed by atoms with Crippen LogP contribution in [-0.4, -0.2) is 0 Å². The van der Waals surface area contributed by atoms with Gasteiger partial charge in [0.2, 0.25) is 0 Å². The maximum absolute atomic E-state index is 4.19. The summed E-state index contributed by atoms with van der Waals surface area (Å²) in [6, 6.07) is 86.8. The summed E-state index contributed by atoms with van der Waals surface area (Å²) < 4.78 is 0. The van der Waals surface area contributed by atoms with Gasteiger partial charge >= 0.3 is 0 Å². The van der Waals surface area contributed by atoms with E-state index in [1.807, 2.05) is 0 Å². The van der Waals surface area contributed by atoms with Crippen LogP contribution in [0.5, 0.6) is 0 Å². The summed E-state index contributed by atoms with van der Waals surface area (Å²) in [5.41, 5.74) is 18.3. The lowest BCUT2D eigenvalue weighted by molar-refractivity contribution is 0.238. The number of fused-ring (bicyclic) bond motifs is 1.